The first kappa shape index (κ1) is 20.4. The van der Waals surface area contributed by atoms with E-state index in [1.54, 1.807) is 36.4 Å². The molecule has 0 spiro atoms. The molecule has 1 N–H and O–H groups in total. The summed E-state index contributed by atoms with van der Waals surface area (Å²) in [5, 5.41) is 15.4. The third-order valence-electron chi connectivity index (χ3n) is 5.01. The fraction of sp³-hybridized carbons (Fsp3) is 0.0833. The molecule has 8 nitrogen and oxygen atoms in total. The van der Waals surface area contributed by atoms with E-state index in [2.05, 4.69) is 20.6 Å². The average Bonchev–Trinajstić information content (AvgIpc) is 3.53. The van der Waals surface area contributed by atoms with Gasteiger partial charge in [0.15, 0.2) is 11.5 Å². The summed E-state index contributed by atoms with van der Waals surface area (Å²) in [5.41, 5.74) is 2.77. The van der Waals surface area contributed by atoms with Gasteiger partial charge in [-0.3, -0.25) is 4.79 Å². The minimum atomic E-state index is -0.330. The highest BCUT2D eigenvalue weighted by atomic mass is 19.1. The second-order valence-corrected chi connectivity index (χ2v) is 7.21. The number of carbonyl (C=O) groups is 1. The van der Waals surface area contributed by atoms with Crippen LogP contribution in [0.25, 0.3) is 22.7 Å². The maximum Gasteiger partial charge on any atom is 0.251 e. The molecule has 5 aromatic rings. The molecule has 2 aromatic carbocycles. The molecule has 164 valence electrons. The Bertz CT molecular complexity index is 1380. The van der Waals surface area contributed by atoms with E-state index in [1.807, 2.05) is 41.2 Å². The molecule has 0 radical (unpaired) electrons. The lowest BCUT2D eigenvalue weighted by Gasteiger charge is -2.08. The SMILES string of the molecule is O=C(NCCOc1ccc2nnc(-c3ccc(F)cc3)n2n1)c1ccc(-n2cccc2)cc1. The summed E-state index contributed by atoms with van der Waals surface area (Å²) >= 11 is 0. The number of carbonyl (C=O) groups excluding carboxylic acids is 1. The number of ether oxygens (including phenoxy) is 1. The van der Waals surface area contributed by atoms with Gasteiger partial charge in [0, 0.05) is 35.3 Å². The van der Waals surface area contributed by atoms with E-state index in [9.17, 15) is 9.18 Å². The molecule has 9 heteroatoms. The Kier molecular flexibility index (Phi) is 5.50. The minimum Gasteiger partial charge on any atom is -0.475 e. The van der Waals surface area contributed by atoms with Crippen LogP contribution in [0, 0.1) is 5.82 Å². The van der Waals surface area contributed by atoms with E-state index in [4.69, 9.17) is 4.74 Å². The molecule has 0 saturated carbocycles. The van der Waals surface area contributed by atoms with Crippen LogP contribution < -0.4 is 10.1 Å². The van der Waals surface area contributed by atoms with Crippen LogP contribution in [-0.2, 0) is 0 Å². The van der Waals surface area contributed by atoms with Crippen molar-refractivity contribution in [2.45, 2.75) is 0 Å². The van der Waals surface area contributed by atoms with E-state index in [1.165, 1.54) is 16.6 Å². The normalized spacial score (nSPS) is 10.9. The second-order valence-electron chi connectivity index (χ2n) is 7.21. The molecule has 0 atom stereocenters. The van der Waals surface area contributed by atoms with Crippen molar-refractivity contribution in [3.05, 3.63) is 96.6 Å². The van der Waals surface area contributed by atoms with Crippen molar-refractivity contribution in [3.8, 4) is 23.0 Å². The van der Waals surface area contributed by atoms with Crippen molar-refractivity contribution in [1.29, 1.82) is 0 Å². The Morgan fingerprint density at radius 1 is 0.939 bits per heavy atom. The van der Waals surface area contributed by atoms with Crippen LogP contribution in [0.2, 0.25) is 0 Å². The smallest absolute Gasteiger partial charge is 0.251 e. The Balaban J connectivity index is 1.18. The van der Waals surface area contributed by atoms with Gasteiger partial charge in [0.05, 0.1) is 6.54 Å². The largest absolute Gasteiger partial charge is 0.475 e. The topological polar surface area (TPSA) is 86.3 Å². The zero-order valence-electron chi connectivity index (χ0n) is 17.4. The molecule has 33 heavy (non-hydrogen) atoms. The second kappa shape index (κ2) is 8.91. The van der Waals surface area contributed by atoms with Gasteiger partial charge in [0.1, 0.15) is 12.4 Å². The zero-order chi connectivity index (χ0) is 22.6. The Morgan fingerprint density at radius 2 is 1.70 bits per heavy atom. The van der Waals surface area contributed by atoms with Gasteiger partial charge in [-0.1, -0.05) is 0 Å². The number of hydrogen-bond donors (Lipinski definition) is 1. The van der Waals surface area contributed by atoms with E-state index in [0.717, 1.165) is 5.69 Å². The molecule has 0 saturated heterocycles. The van der Waals surface area contributed by atoms with Crippen LogP contribution in [-0.4, -0.2) is 43.4 Å². The van der Waals surface area contributed by atoms with Gasteiger partial charge in [-0.05, 0) is 66.7 Å². The van der Waals surface area contributed by atoms with Crippen molar-refractivity contribution >= 4 is 11.6 Å². The predicted molar refractivity (Wildman–Crippen MR) is 120 cm³/mol. The molecule has 0 aliphatic carbocycles. The van der Waals surface area contributed by atoms with E-state index < -0.39 is 0 Å². The lowest BCUT2D eigenvalue weighted by molar-refractivity contribution is 0.0946. The van der Waals surface area contributed by atoms with Gasteiger partial charge in [0.25, 0.3) is 5.91 Å². The van der Waals surface area contributed by atoms with Crippen LogP contribution in [0.15, 0.2) is 85.2 Å². The number of rotatable bonds is 7. The maximum absolute atomic E-state index is 13.2. The number of benzene rings is 2. The molecule has 3 aromatic heterocycles. The lowest BCUT2D eigenvalue weighted by atomic mass is 10.2. The summed E-state index contributed by atoms with van der Waals surface area (Å²) in [5.74, 6) is 0.324. The number of nitrogens with zero attached hydrogens (tertiary/aromatic N) is 5. The monoisotopic (exact) mass is 442 g/mol. The van der Waals surface area contributed by atoms with Crippen molar-refractivity contribution in [2.75, 3.05) is 13.2 Å². The first-order valence-corrected chi connectivity index (χ1v) is 10.3. The number of hydrogen-bond acceptors (Lipinski definition) is 5. The molecule has 1 amide bonds. The first-order chi connectivity index (χ1) is 16.2. The van der Waals surface area contributed by atoms with Crippen LogP contribution in [0.3, 0.4) is 0 Å². The van der Waals surface area contributed by atoms with Crippen LogP contribution in [0.4, 0.5) is 4.39 Å². The van der Waals surface area contributed by atoms with Crippen molar-refractivity contribution < 1.29 is 13.9 Å². The molecular weight excluding hydrogens is 423 g/mol. The quantitative estimate of drug-likeness (QED) is 0.390. The summed E-state index contributed by atoms with van der Waals surface area (Å²) in [6.45, 7) is 0.546. The third-order valence-corrected chi connectivity index (χ3v) is 5.01. The number of amides is 1. The highest BCUT2D eigenvalue weighted by Gasteiger charge is 2.11. The van der Waals surface area contributed by atoms with E-state index >= 15 is 0 Å². The molecule has 3 heterocycles. The number of nitrogens with one attached hydrogen (secondary N) is 1. The molecule has 5 rings (SSSR count). The standard InChI is InChI=1S/C24H19FN6O2/c25-19-7-3-17(4-8-19)23-28-27-21-11-12-22(29-31(21)23)33-16-13-26-24(32)18-5-9-20(10-6-18)30-14-1-2-15-30/h1-12,14-15H,13,16H2,(H,26,32). The fourth-order valence-electron chi connectivity index (χ4n) is 3.34. The minimum absolute atomic E-state index is 0.182. The molecule has 0 aliphatic rings. The molecule has 0 fully saturated rings. The number of halogens is 1. The lowest BCUT2D eigenvalue weighted by Crippen LogP contribution is -2.28. The van der Waals surface area contributed by atoms with Gasteiger partial charge < -0.3 is 14.6 Å². The third kappa shape index (κ3) is 4.42. The Morgan fingerprint density at radius 3 is 2.45 bits per heavy atom. The van der Waals surface area contributed by atoms with Crippen LogP contribution in [0.5, 0.6) is 5.88 Å². The molecular formula is C24H19FN6O2. The summed E-state index contributed by atoms with van der Waals surface area (Å²) in [6.07, 6.45) is 3.89. The Labute approximate surface area is 188 Å². The first-order valence-electron chi connectivity index (χ1n) is 10.3. The summed E-state index contributed by atoms with van der Waals surface area (Å²) in [7, 11) is 0. The number of fused-ring (bicyclic) bond motifs is 1. The van der Waals surface area contributed by atoms with Gasteiger partial charge in [-0.25, -0.2) is 4.39 Å². The van der Waals surface area contributed by atoms with E-state index in [-0.39, 0.29) is 18.3 Å². The predicted octanol–water partition coefficient (Wildman–Crippen LogP) is 3.53. The van der Waals surface area contributed by atoms with Gasteiger partial charge in [-0.15, -0.1) is 15.3 Å². The summed E-state index contributed by atoms with van der Waals surface area (Å²) in [6, 6.07) is 20.6. The molecule has 0 unspecified atom stereocenters. The Hall–Kier alpha value is -4.53. The van der Waals surface area contributed by atoms with Crippen LogP contribution in [0.1, 0.15) is 10.4 Å². The van der Waals surface area contributed by atoms with Gasteiger partial charge in [0.2, 0.25) is 5.88 Å². The fourth-order valence-corrected chi connectivity index (χ4v) is 3.34. The molecule has 0 aliphatic heterocycles. The number of aromatic nitrogens is 5. The van der Waals surface area contributed by atoms with Gasteiger partial charge in [-0.2, -0.15) is 4.52 Å². The molecule has 0 bridgehead atoms. The van der Waals surface area contributed by atoms with Crippen molar-refractivity contribution in [1.82, 2.24) is 29.7 Å². The zero-order valence-corrected chi connectivity index (χ0v) is 17.4. The highest BCUT2D eigenvalue weighted by Crippen LogP contribution is 2.19. The van der Waals surface area contributed by atoms with E-state index in [0.29, 0.717) is 35.0 Å². The summed E-state index contributed by atoms with van der Waals surface area (Å²) < 4.78 is 22.4. The van der Waals surface area contributed by atoms with Gasteiger partial charge >= 0.3 is 0 Å². The average molecular weight is 442 g/mol. The maximum atomic E-state index is 13.2. The highest BCUT2D eigenvalue weighted by molar-refractivity contribution is 5.94. The summed E-state index contributed by atoms with van der Waals surface area (Å²) in [4.78, 5) is 12.4. The van der Waals surface area contributed by atoms with Crippen LogP contribution >= 0.6 is 0 Å². The van der Waals surface area contributed by atoms with Crippen molar-refractivity contribution in [3.63, 3.8) is 0 Å². The van der Waals surface area contributed by atoms with Crippen molar-refractivity contribution in [2.24, 2.45) is 0 Å².